The molecule has 0 aromatic rings. The molecule has 2 nitrogen and oxygen atoms in total. The lowest BCUT2D eigenvalue weighted by Crippen LogP contribution is -1.95. The second-order valence-electron chi connectivity index (χ2n) is 1.87. The monoisotopic (exact) mass is 191 g/mol. The molecule has 0 bridgehead atoms. The molecule has 0 amide bonds. The zero-order valence-corrected chi connectivity index (χ0v) is 8.59. The van der Waals surface area contributed by atoms with Gasteiger partial charge in [0.2, 0.25) is 0 Å². The quantitative estimate of drug-likeness (QED) is 0.238. The van der Waals surface area contributed by atoms with Gasteiger partial charge in [-0.25, -0.2) is 0 Å². The smallest absolute Gasteiger partial charge is 0.142 e. The van der Waals surface area contributed by atoms with Gasteiger partial charge in [-0.05, 0) is 25.5 Å². The van der Waals surface area contributed by atoms with Gasteiger partial charge in [-0.3, -0.25) is 0 Å². The van der Waals surface area contributed by atoms with Crippen molar-refractivity contribution in [3.8, 4) is 0 Å². The molecule has 0 heterocycles. The minimum absolute atomic E-state index is 0.707. The van der Waals surface area contributed by atoms with Gasteiger partial charge in [0.05, 0.1) is 0 Å². The minimum atomic E-state index is 0.707. The third-order valence-corrected chi connectivity index (χ3v) is 2.28. The van der Waals surface area contributed by atoms with Gasteiger partial charge in [0.25, 0.3) is 0 Å². The van der Waals surface area contributed by atoms with Crippen molar-refractivity contribution >= 4 is 19.8 Å². The first-order valence-electron chi connectivity index (χ1n) is 3.36. The lowest BCUT2D eigenvalue weighted by Gasteiger charge is -1.95. The Morgan fingerprint density at radius 3 is 2.91 bits per heavy atom. The highest BCUT2D eigenvalue weighted by molar-refractivity contribution is 8.43. The molecular formula is C7H14NOPS. The summed E-state index contributed by atoms with van der Waals surface area (Å²) >= 11 is 1.74. The molecule has 0 saturated heterocycles. The van der Waals surface area contributed by atoms with Crippen molar-refractivity contribution in [1.29, 1.82) is 0 Å². The Labute approximate surface area is 74.2 Å². The molecule has 2 N–H and O–H groups in total. The summed E-state index contributed by atoms with van der Waals surface area (Å²) in [5, 5.41) is 0. The van der Waals surface area contributed by atoms with Crippen LogP contribution in [0.3, 0.4) is 0 Å². The Morgan fingerprint density at radius 1 is 1.73 bits per heavy atom. The SMILES string of the molecule is C/C=C(\C=C/CCSP)ON. The highest BCUT2D eigenvalue weighted by atomic mass is 32.7. The molecule has 0 fully saturated rings. The van der Waals surface area contributed by atoms with Crippen LogP contribution in [0.4, 0.5) is 0 Å². The highest BCUT2D eigenvalue weighted by Crippen LogP contribution is 2.11. The van der Waals surface area contributed by atoms with Crippen molar-refractivity contribution in [3.63, 3.8) is 0 Å². The molecule has 1 atom stereocenters. The molecule has 0 aliphatic heterocycles. The summed E-state index contributed by atoms with van der Waals surface area (Å²) in [7, 11) is 2.61. The average molecular weight is 191 g/mol. The summed E-state index contributed by atoms with van der Waals surface area (Å²) < 4.78 is 0. The van der Waals surface area contributed by atoms with E-state index in [2.05, 4.69) is 13.3 Å². The maximum Gasteiger partial charge on any atom is 0.142 e. The highest BCUT2D eigenvalue weighted by Gasteiger charge is 1.85. The summed E-state index contributed by atoms with van der Waals surface area (Å²) in [5.41, 5.74) is 0. The number of hydrogen-bond acceptors (Lipinski definition) is 3. The standard InChI is InChI=1S/C7H14NOPS/c1-2-7(9-8)5-3-4-6-11-10/h2-3,5H,4,6,8,10H2,1H3/b5-3-,7-2+. The molecule has 11 heavy (non-hydrogen) atoms. The third-order valence-electron chi connectivity index (χ3n) is 1.11. The van der Waals surface area contributed by atoms with Crippen LogP contribution in [0, 0.1) is 0 Å². The molecular weight excluding hydrogens is 177 g/mol. The molecule has 64 valence electrons. The van der Waals surface area contributed by atoms with Crippen molar-refractivity contribution < 1.29 is 4.84 Å². The van der Waals surface area contributed by atoms with Crippen molar-refractivity contribution in [2.75, 3.05) is 5.75 Å². The van der Waals surface area contributed by atoms with Crippen LogP contribution in [0.5, 0.6) is 0 Å². The Kier molecular flexibility index (Phi) is 8.13. The summed E-state index contributed by atoms with van der Waals surface area (Å²) in [5.74, 6) is 6.78. The van der Waals surface area contributed by atoms with Gasteiger partial charge in [-0.2, -0.15) is 5.90 Å². The zero-order valence-electron chi connectivity index (χ0n) is 6.62. The number of hydrogen-bond donors (Lipinski definition) is 1. The lowest BCUT2D eigenvalue weighted by molar-refractivity contribution is 0.233. The maximum absolute atomic E-state index is 4.97. The number of allylic oxidation sites excluding steroid dienone is 3. The first kappa shape index (κ1) is 11.0. The molecule has 1 unspecified atom stereocenters. The van der Waals surface area contributed by atoms with E-state index in [9.17, 15) is 0 Å². The first-order valence-corrected chi connectivity index (χ1v) is 5.82. The van der Waals surface area contributed by atoms with Crippen LogP contribution in [0.2, 0.25) is 0 Å². The molecule has 0 rings (SSSR count). The molecule has 0 saturated carbocycles. The van der Waals surface area contributed by atoms with Gasteiger partial charge in [-0.15, -0.1) is 11.4 Å². The van der Waals surface area contributed by atoms with Gasteiger partial charge >= 0.3 is 0 Å². The topological polar surface area (TPSA) is 35.2 Å². The predicted octanol–water partition coefficient (Wildman–Crippen LogP) is 2.25. The molecule has 0 aliphatic carbocycles. The van der Waals surface area contributed by atoms with Gasteiger partial charge in [0, 0.05) is 5.75 Å². The molecule has 0 radical (unpaired) electrons. The van der Waals surface area contributed by atoms with Crippen LogP contribution >= 0.6 is 19.8 Å². The second kappa shape index (κ2) is 8.12. The fourth-order valence-corrected chi connectivity index (χ4v) is 1.22. The maximum atomic E-state index is 4.97. The molecule has 0 aromatic carbocycles. The molecule has 0 aliphatic rings. The van der Waals surface area contributed by atoms with Crippen molar-refractivity contribution in [1.82, 2.24) is 0 Å². The Hall–Kier alpha value is 0.0200. The van der Waals surface area contributed by atoms with E-state index in [1.807, 2.05) is 25.2 Å². The largest absolute Gasteiger partial charge is 0.412 e. The van der Waals surface area contributed by atoms with E-state index in [-0.39, 0.29) is 0 Å². The van der Waals surface area contributed by atoms with Crippen molar-refractivity contribution in [2.45, 2.75) is 13.3 Å². The van der Waals surface area contributed by atoms with Crippen LogP contribution in [-0.2, 0) is 4.84 Å². The van der Waals surface area contributed by atoms with E-state index in [4.69, 9.17) is 5.90 Å². The Bertz CT molecular complexity index is 147. The van der Waals surface area contributed by atoms with Crippen LogP contribution < -0.4 is 5.90 Å². The van der Waals surface area contributed by atoms with E-state index in [1.165, 1.54) is 0 Å². The second-order valence-corrected chi connectivity index (χ2v) is 3.61. The summed E-state index contributed by atoms with van der Waals surface area (Å²) in [4.78, 5) is 4.54. The van der Waals surface area contributed by atoms with Gasteiger partial charge < -0.3 is 4.84 Å². The van der Waals surface area contributed by atoms with Crippen LogP contribution in [0.25, 0.3) is 0 Å². The predicted molar refractivity (Wildman–Crippen MR) is 55.0 cm³/mol. The zero-order chi connectivity index (χ0) is 8.53. The van der Waals surface area contributed by atoms with Gasteiger partial charge in [0.15, 0.2) is 0 Å². The number of nitrogens with two attached hydrogens (primary N) is 1. The van der Waals surface area contributed by atoms with E-state index in [0.717, 1.165) is 12.2 Å². The van der Waals surface area contributed by atoms with Crippen molar-refractivity contribution in [2.24, 2.45) is 5.90 Å². The average Bonchev–Trinajstić information content (AvgIpc) is 2.05. The van der Waals surface area contributed by atoms with Crippen LogP contribution in [-0.4, -0.2) is 5.75 Å². The summed E-state index contributed by atoms with van der Waals surface area (Å²) in [6.07, 6.45) is 6.78. The summed E-state index contributed by atoms with van der Waals surface area (Å²) in [6.45, 7) is 1.89. The molecule has 0 aromatic heterocycles. The minimum Gasteiger partial charge on any atom is -0.412 e. The van der Waals surface area contributed by atoms with Gasteiger partial charge in [-0.1, -0.05) is 14.5 Å². The fraction of sp³-hybridized carbons (Fsp3) is 0.429. The van der Waals surface area contributed by atoms with E-state index < -0.39 is 0 Å². The third kappa shape index (κ3) is 6.42. The molecule has 0 spiro atoms. The van der Waals surface area contributed by atoms with E-state index >= 15 is 0 Å². The van der Waals surface area contributed by atoms with Crippen LogP contribution in [0.15, 0.2) is 24.0 Å². The molecule has 4 heteroatoms. The lowest BCUT2D eigenvalue weighted by atomic mass is 10.3. The van der Waals surface area contributed by atoms with Crippen LogP contribution in [0.1, 0.15) is 13.3 Å². The number of rotatable bonds is 5. The van der Waals surface area contributed by atoms with E-state index in [0.29, 0.717) is 5.76 Å². The Morgan fingerprint density at radius 2 is 2.45 bits per heavy atom. The summed E-state index contributed by atoms with van der Waals surface area (Å²) in [6, 6.07) is 0. The fourth-order valence-electron chi connectivity index (χ4n) is 0.539. The Balaban J connectivity index is 3.54. The van der Waals surface area contributed by atoms with E-state index in [1.54, 1.807) is 11.4 Å². The van der Waals surface area contributed by atoms with Crippen molar-refractivity contribution in [3.05, 3.63) is 24.0 Å². The van der Waals surface area contributed by atoms with Gasteiger partial charge in [0.1, 0.15) is 5.76 Å². The normalized spacial score (nSPS) is 12.5. The first-order chi connectivity index (χ1) is 5.35.